The van der Waals surface area contributed by atoms with Gasteiger partial charge in [-0.2, -0.15) is 0 Å². The van der Waals surface area contributed by atoms with Crippen molar-refractivity contribution in [1.82, 2.24) is 0 Å². The van der Waals surface area contributed by atoms with Crippen molar-refractivity contribution in [2.45, 2.75) is 40.0 Å². The van der Waals surface area contributed by atoms with Crippen LogP contribution in [-0.4, -0.2) is 11.8 Å². The molecule has 3 heteroatoms. The second-order valence-electron chi connectivity index (χ2n) is 9.86. The van der Waals surface area contributed by atoms with Crippen molar-refractivity contribution in [1.29, 1.82) is 0 Å². The summed E-state index contributed by atoms with van der Waals surface area (Å²) in [5.74, 6) is 1.12. The molecule has 0 N–H and O–H groups in total. The van der Waals surface area contributed by atoms with Crippen LogP contribution in [0.15, 0.2) is 41.5 Å². The van der Waals surface area contributed by atoms with Crippen molar-refractivity contribution in [3.8, 4) is 0 Å². The van der Waals surface area contributed by atoms with E-state index in [2.05, 4.69) is 20.8 Å². The maximum atomic E-state index is 13.3. The van der Waals surface area contributed by atoms with E-state index >= 15 is 0 Å². The van der Waals surface area contributed by atoms with Gasteiger partial charge in [-0.15, -0.1) is 0 Å². The Morgan fingerprint density at radius 3 is 2.31 bits per heavy atom. The molecular weight excluding hydrogens is 322 g/mol. The first kappa shape index (κ1) is 15.2. The van der Waals surface area contributed by atoms with Crippen molar-refractivity contribution in [2.24, 2.45) is 40.4 Å². The van der Waals surface area contributed by atoms with Crippen LogP contribution >= 0.6 is 0 Å². The Morgan fingerprint density at radius 2 is 1.62 bits per heavy atom. The second-order valence-corrected chi connectivity index (χ2v) is 9.86. The number of carbonyl (C=O) groups excluding carboxylic acids is 2. The van der Waals surface area contributed by atoms with Crippen LogP contribution in [0.5, 0.6) is 0 Å². The Kier molecular flexibility index (Phi) is 2.52. The molecule has 2 amide bonds. The Morgan fingerprint density at radius 1 is 0.962 bits per heavy atom. The first-order chi connectivity index (χ1) is 12.4. The fourth-order valence-corrected chi connectivity index (χ4v) is 7.69. The number of imide groups is 1. The van der Waals surface area contributed by atoms with Crippen molar-refractivity contribution in [3.63, 3.8) is 0 Å². The molecule has 4 bridgehead atoms. The lowest BCUT2D eigenvalue weighted by atomic mass is 9.63. The van der Waals surface area contributed by atoms with E-state index in [4.69, 9.17) is 0 Å². The Labute approximate surface area is 154 Å². The van der Waals surface area contributed by atoms with Crippen LogP contribution in [0.3, 0.4) is 0 Å². The van der Waals surface area contributed by atoms with Gasteiger partial charge in [-0.05, 0) is 60.0 Å². The van der Waals surface area contributed by atoms with Gasteiger partial charge in [-0.25, -0.2) is 0 Å². The van der Waals surface area contributed by atoms with Gasteiger partial charge in [0.2, 0.25) is 11.8 Å². The molecule has 0 spiro atoms. The van der Waals surface area contributed by atoms with Gasteiger partial charge in [0.15, 0.2) is 0 Å². The first-order valence-corrected chi connectivity index (χ1v) is 10.1. The van der Waals surface area contributed by atoms with Gasteiger partial charge in [0.1, 0.15) is 0 Å². The second kappa shape index (κ2) is 4.32. The van der Waals surface area contributed by atoms with E-state index in [0.29, 0.717) is 17.8 Å². The normalized spacial score (nSPS) is 44.3. The lowest BCUT2D eigenvalue weighted by Crippen LogP contribution is -2.36. The van der Waals surface area contributed by atoms with E-state index in [1.54, 1.807) is 11.1 Å². The summed E-state index contributed by atoms with van der Waals surface area (Å²) in [6.07, 6.45) is 3.55. The number of benzene rings is 1. The van der Waals surface area contributed by atoms with Crippen LogP contribution in [0.4, 0.5) is 5.69 Å². The van der Waals surface area contributed by atoms with Gasteiger partial charge in [-0.3, -0.25) is 14.5 Å². The average Bonchev–Trinajstić information content (AvgIpc) is 3.34. The summed E-state index contributed by atoms with van der Waals surface area (Å²) in [7, 11) is 0. The molecule has 26 heavy (non-hydrogen) atoms. The molecule has 1 heterocycles. The molecule has 134 valence electrons. The minimum atomic E-state index is -0.113. The molecule has 6 atom stereocenters. The number of amides is 2. The molecule has 0 unspecified atom stereocenters. The summed E-state index contributed by atoms with van der Waals surface area (Å²) in [6.45, 7) is 7.26. The first-order valence-electron chi connectivity index (χ1n) is 10.1. The third-order valence-electron chi connectivity index (χ3n) is 9.06. The molecule has 1 saturated heterocycles. The van der Waals surface area contributed by atoms with Crippen molar-refractivity contribution < 1.29 is 9.59 Å². The molecule has 3 nitrogen and oxygen atoms in total. The highest BCUT2D eigenvalue weighted by molar-refractivity contribution is 6.23. The van der Waals surface area contributed by atoms with E-state index in [0.717, 1.165) is 12.1 Å². The van der Waals surface area contributed by atoms with Gasteiger partial charge in [-0.1, -0.05) is 50.1 Å². The number of nitrogens with zero attached hydrogens (tertiary/aromatic N) is 1. The van der Waals surface area contributed by atoms with Crippen LogP contribution in [0.25, 0.3) is 0 Å². The lowest BCUT2D eigenvalue weighted by molar-refractivity contribution is -0.123. The third-order valence-corrected chi connectivity index (χ3v) is 9.06. The summed E-state index contributed by atoms with van der Waals surface area (Å²) in [4.78, 5) is 28.1. The van der Waals surface area contributed by atoms with Crippen molar-refractivity contribution in [3.05, 3.63) is 41.5 Å². The molecule has 1 aliphatic heterocycles. The number of carbonyl (C=O) groups is 2. The third kappa shape index (κ3) is 1.36. The number of hydrogen-bond acceptors (Lipinski definition) is 2. The molecule has 0 aromatic heterocycles. The highest BCUT2D eigenvalue weighted by Gasteiger charge is 2.73. The zero-order valence-electron chi connectivity index (χ0n) is 15.7. The molecular formula is C23H25NO2. The van der Waals surface area contributed by atoms with E-state index in [1.807, 2.05) is 30.3 Å². The molecule has 2 saturated carbocycles. The summed E-state index contributed by atoms with van der Waals surface area (Å²) < 4.78 is 0. The fraction of sp³-hybridized carbons (Fsp3) is 0.565. The summed E-state index contributed by atoms with van der Waals surface area (Å²) in [5.41, 5.74) is 4.44. The van der Waals surface area contributed by atoms with E-state index in [-0.39, 0.29) is 34.5 Å². The topological polar surface area (TPSA) is 37.4 Å². The van der Waals surface area contributed by atoms with Gasteiger partial charge >= 0.3 is 0 Å². The van der Waals surface area contributed by atoms with Crippen LogP contribution in [0.1, 0.15) is 40.0 Å². The summed E-state index contributed by atoms with van der Waals surface area (Å²) in [5, 5.41) is 0. The molecule has 6 rings (SSSR count). The number of allylic oxidation sites excluding steroid dienone is 2. The molecule has 0 radical (unpaired) electrons. The summed E-state index contributed by atoms with van der Waals surface area (Å²) >= 11 is 0. The predicted octanol–water partition coefficient (Wildman–Crippen LogP) is 4.19. The molecule has 5 aliphatic rings. The predicted molar refractivity (Wildman–Crippen MR) is 99.2 cm³/mol. The van der Waals surface area contributed by atoms with Crippen LogP contribution in [0, 0.1) is 40.4 Å². The van der Waals surface area contributed by atoms with E-state index in [1.165, 1.54) is 17.7 Å². The quantitative estimate of drug-likeness (QED) is 0.434. The number of rotatable bonds is 1. The standard InChI is InChI=1S/C23H25NO2/c1-22(2)15-9-10-23(22,3)19-14-11-13(16(15)19)17-18(14)21(26)24(20(17)25)12-7-5-4-6-8-12/h4-8,13-15,17-18H,9-11H2,1-3H3/t13-,14+,15+,17-,18-,23-/m1/s1. The van der Waals surface area contributed by atoms with Gasteiger partial charge in [0.05, 0.1) is 17.5 Å². The maximum Gasteiger partial charge on any atom is 0.238 e. The zero-order chi connectivity index (χ0) is 18.0. The van der Waals surface area contributed by atoms with E-state index < -0.39 is 0 Å². The molecule has 3 fully saturated rings. The smallest absolute Gasteiger partial charge is 0.238 e. The van der Waals surface area contributed by atoms with Crippen molar-refractivity contribution >= 4 is 17.5 Å². The largest absolute Gasteiger partial charge is 0.274 e. The van der Waals surface area contributed by atoms with Crippen LogP contribution in [0.2, 0.25) is 0 Å². The molecule has 1 aromatic rings. The minimum absolute atomic E-state index is 0.0504. The number of anilines is 1. The van der Waals surface area contributed by atoms with Gasteiger partial charge in [0.25, 0.3) is 0 Å². The number of hydrogen-bond donors (Lipinski definition) is 0. The zero-order valence-corrected chi connectivity index (χ0v) is 15.7. The minimum Gasteiger partial charge on any atom is -0.274 e. The lowest BCUT2D eigenvalue weighted by Gasteiger charge is -2.40. The Balaban J connectivity index is 1.46. The molecule has 4 aliphatic carbocycles. The Bertz CT molecular complexity index is 898. The van der Waals surface area contributed by atoms with Gasteiger partial charge < -0.3 is 0 Å². The SMILES string of the molecule is CC1(C)[C@H]2CC[C@]1(C)C1=C2[C@H]2C[C@H]1[C@H]1C(=O)N(c3ccccc3)C(=O)[C@@H]12. The number of fused-ring (bicyclic) bond motifs is 11. The fourth-order valence-electron chi connectivity index (χ4n) is 7.69. The highest BCUT2D eigenvalue weighted by atomic mass is 16.2. The van der Waals surface area contributed by atoms with Crippen molar-refractivity contribution in [2.75, 3.05) is 4.90 Å². The average molecular weight is 347 g/mol. The highest BCUT2D eigenvalue weighted by Crippen LogP contribution is 2.77. The van der Waals surface area contributed by atoms with Crippen LogP contribution < -0.4 is 4.90 Å². The van der Waals surface area contributed by atoms with Gasteiger partial charge in [0, 0.05) is 0 Å². The molecule has 1 aromatic carbocycles. The van der Waals surface area contributed by atoms with E-state index in [9.17, 15) is 9.59 Å². The number of para-hydroxylation sites is 1. The Hall–Kier alpha value is -1.90. The summed E-state index contributed by atoms with van der Waals surface area (Å²) in [6, 6.07) is 9.50. The maximum absolute atomic E-state index is 13.3. The monoisotopic (exact) mass is 347 g/mol. The van der Waals surface area contributed by atoms with Crippen LogP contribution in [-0.2, 0) is 9.59 Å².